The molecule has 0 bridgehead atoms. The lowest BCUT2D eigenvalue weighted by atomic mass is 9.87. The topological polar surface area (TPSA) is 42.2 Å². The first-order chi connectivity index (χ1) is 10.4. The third-order valence-electron chi connectivity index (χ3n) is 4.68. The zero-order valence-corrected chi connectivity index (χ0v) is 13.0. The Balaban J connectivity index is 1.90. The molecule has 1 aliphatic rings. The van der Waals surface area contributed by atoms with E-state index in [0.717, 1.165) is 18.0 Å². The van der Waals surface area contributed by atoms with Crippen LogP contribution in [0.4, 0.5) is 0 Å². The van der Waals surface area contributed by atoms with Gasteiger partial charge in [0.05, 0.1) is 17.9 Å². The Labute approximate surface area is 127 Å². The van der Waals surface area contributed by atoms with Gasteiger partial charge in [0.25, 0.3) is 0 Å². The molecule has 114 valence electrons. The van der Waals surface area contributed by atoms with Gasteiger partial charge < -0.3 is 5.32 Å². The van der Waals surface area contributed by atoms with Crippen molar-refractivity contribution in [1.29, 1.82) is 0 Å². The van der Waals surface area contributed by atoms with E-state index in [2.05, 4.69) is 22.3 Å². The van der Waals surface area contributed by atoms with Crippen molar-refractivity contribution in [2.24, 2.45) is 5.92 Å². The molecule has 1 unspecified atom stereocenters. The van der Waals surface area contributed by atoms with Crippen LogP contribution in [0.2, 0.25) is 0 Å². The van der Waals surface area contributed by atoms with Gasteiger partial charge in [0.2, 0.25) is 0 Å². The lowest BCUT2D eigenvalue weighted by Gasteiger charge is -2.27. The quantitative estimate of drug-likeness (QED) is 0.851. The Hall–Kier alpha value is -1.42. The first-order valence-corrected chi connectivity index (χ1v) is 8.40. The van der Waals surface area contributed by atoms with E-state index >= 15 is 0 Å². The number of hydrogen-bond donors (Lipinski definition) is 1. The summed E-state index contributed by atoms with van der Waals surface area (Å²) in [6, 6.07) is 0.421. The van der Waals surface area contributed by atoms with E-state index in [1.807, 2.05) is 23.1 Å². The predicted octanol–water partition coefficient (Wildman–Crippen LogP) is 3.74. The Bertz CT molecular complexity index is 555. The van der Waals surface area contributed by atoms with E-state index in [4.69, 9.17) is 0 Å². The standard InChI is InChI=1S/C17H26N4/c1-2-9-19-17(14-7-5-3-4-6-8-14)15-12-20-21-11-10-18-13-16(15)21/h10-14,17,19H,2-9H2,1H3. The van der Waals surface area contributed by atoms with Crippen molar-refractivity contribution in [3.63, 3.8) is 0 Å². The van der Waals surface area contributed by atoms with Gasteiger partial charge in [-0.05, 0) is 31.7 Å². The Kier molecular flexibility index (Phi) is 4.86. The lowest BCUT2D eigenvalue weighted by Crippen LogP contribution is -2.29. The molecule has 21 heavy (non-hydrogen) atoms. The second kappa shape index (κ2) is 7.03. The molecule has 0 aliphatic heterocycles. The molecule has 2 aromatic rings. The summed E-state index contributed by atoms with van der Waals surface area (Å²) < 4.78 is 1.94. The van der Waals surface area contributed by atoms with Gasteiger partial charge in [0.1, 0.15) is 0 Å². The number of nitrogens with one attached hydrogen (secondary N) is 1. The summed E-state index contributed by atoms with van der Waals surface area (Å²) in [5.41, 5.74) is 2.47. The minimum atomic E-state index is 0.421. The maximum Gasteiger partial charge on any atom is 0.0892 e. The van der Waals surface area contributed by atoms with Crippen molar-refractivity contribution < 1.29 is 0 Å². The number of hydrogen-bond acceptors (Lipinski definition) is 3. The fourth-order valence-electron chi connectivity index (χ4n) is 3.57. The fraction of sp³-hybridized carbons (Fsp3) is 0.647. The normalized spacial score (nSPS) is 18.7. The van der Waals surface area contributed by atoms with Gasteiger partial charge in [-0.2, -0.15) is 5.10 Å². The Morgan fingerprint density at radius 1 is 1.24 bits per heavy atom. The van der Waals surface area contributed by atoms with Crippen molar-refractivity contribution in [2.45, 2.75) is 57.9 Å². The van der Waals surface area contributed by atoms with Crippen LogP contribution in [0.25, 0.3) is 5.52 Å². The summed E-state index contributed by atoms with van der Waals surface area (Å²) in [6.07, 6.45) is 17.1. The first kappa shape index (κ1) is 14.5. The summed E-state index contributed by atoms with van der Waals surface area (Å²) in [5.74, 6) is 0.729. The molecule has 0 radical (unpaired) electrons. The highest BCUT2D eigenvalue weighted by Crippen LogP contribution is 2.35. The van der Waals surface area contributed by atoms with Gasteiger partial charge in [-0.1, -0.05) is 32.6 Å². The highest BCUT2D eigenvalue weighted by atomic mass is 15.2. The van der Waals surface area contributed by atoms with Crippen LogP contribution < -0.4 is 5.32 Å². The van der Waals surface area contributed by atoms with E-state index in [9.17, 15) is 0 Å². The molecule has 0 spiro atoms. The number of nitrogens with zero attached hydrogens (tertiary/aromatic N) is 3. The summed E-state index contributed by atoms with van der Waals surface area (Å²) in [7, 11) is 0. The molecule has 1 atom stereocenters. The van der Waals surface area contributed by atoms with Crippen LogP contribution in [0.15, 0.2) is 24.8 Å². The van der Waals surface area contributed by atoms with Crippen molar-refractivity contribution in [3.8, 4) is 0 Å². The Morgan fingerprint density at radius 2 is 2.05 bits per heavy atom. The van der Waals surface area contributed by atoms with E-state index in [0.29, 0.717) is 6.04 Å². The predicted molar refractivity (Wildman–Crippen MR) is 85.2 cm³/mol. The molecule has 4 heteroatoms. The summed E-state index contributed by atoms with van der Waals surface area (Å²) in [4.78, 5) is 4.28. The van der Waals surface area contributed by atoms with Gasteiger partial charge in [0.15, 0.2) is 0 Å². The highest BCUT2D eigenvalue weighted by molar-refractivity contribution is 5.53. The summed E-state index contributed by atoms with van der Waals surface area (Å²) in [6.45, 7) is 3.30. The molecule has 3 rings (SSSR count). The van der Waals surface area contributed by atoms with E-state index < -0.39 is 0 Å². The van der Waals surface area contributed by atoms with E-state index in [1.165, 1.54) is 50.5 Å². The van der Waals surface area contributed by atoms with Gasteiger partial charge in [-0.25, -0.2) is 4.52 Å². The minimum Gasteiger partial charge on any atom is -0.310 e. The second-order valence-electron chi connectivity index (χ2n) is 6.19. The Morgan fingerprint density at radius 3 is 2.81 bits per heavy atom. The third-order valence-corrected chi connectivity index (χ3v) is 4.68. The number of aromatic nitrogens is 3. The molecule has 0 saturated heterocycles. The molecule has 0 amide bonds. The SMILES string of the molecule is CCCNC(c1cnn2ccncc12)C1CCCCCC1. The zero-order valence-electron chi connectivity index (χ0n) is 13.0. The molecule has 1 saturated carbocycles. The molecular weight excluding hydrogens is 260 g/mol. The molecule has 4 nitrogen and oxygen atoms in total. The summed E-state index contributed by atoms with van der Waals surface area (Å²) >= 11 is 0. The van der Waals surface area contributed by atoms with Crippen LogP contribution in [0.3, 0.4) is 0 Å². The fourth-order valence-corrected chi connectivity index (χ4v) is 3.57. The first-order valence-electron chi connectivity index (χ1n) is 8.40. The average molecular weight is 286 g/mol. The van der Waals surface area contributed by atoms with Crippen LogP contribution in [0, 0.1) is 5.92 Å². The van der Waals surface area contributed by atoms with Crippen molar-refractivity contribution in [1.82, 2.24) is 19.9 Å². The molecule has 0 aromatic carbocycles. The smallest absolute Gasteiger partial charge is 0.0892 e. The van der Waals surface area contributed by atoms with Crippen LogP contribution in [-0.2, 0) is 0 Å². The van der Waals surface area contributed by atoms with Crippen LogP contribution in [-0.4, -0.2) is 21.1 Å². The molecule has 1 fully saturated rings. The van der Waals surface area contributed by atoms with Gasteiger partial charge in [0, 0.05) is 24.0 Å². The third kappa shape index (κ3) is 3.26. The largest absolute Gasteiger partial charge is 0.310 e. The van der Waals surface area contributed by atoms with Crippen LogP contribution >= 0.6 is 0 Å². The van der Waals surface area contributed by atoms with Crippen LogP contribution in [0.5, 0.6) is 0 Å². The van der Waals surface area contributed by atoms with E-state index in [-0.39, 0.29) is 0 Å². The maximum atomic E-state index is 4.50. The second-order valence-corrected chi connectivity index (χ2v) is 6.19. The number of rotatable bonds is 5. The van der Waals surface area contributed by atoms with Crippen molar-refractivity contribution in [3.05, 3.63) is 30.4 Å². The van der Waals surface area contributed by atoms with Crippen molar-refractivity contribution >= 4 is 5.52 Å². The maximum absolute atomic E-state index is 4.50. The van der Waals surface area contributed by atoms with E-state index in [1.54, 1.807) is 6.20 Å². The van der Waals surface area contributed by atoms with Gasteiger partial charge in [-0.15, -0.1) is 0 Å². The summed E-state index contributed by atoms with van der Waals surface area (Å²) in [5, 5.41) is 8.28. The highest BCUT2D eigenvalue weighted by Gasteiger charge is 2.26. The van der Waals surface area contributed by atoms with Gasteiger partial charge >= 0.3 is 0 Å². The number of fused-ring (bicyclic) bond motifs is 1. The monoisotopic (exact) mass is 286 g/mol. The molecule has 1 N–H and O–H groups in total. The molecule has 2 heterocycles. The molecule has 1 aliphatic carbocycles. The van der Waals surface area contributed by atoms with Crippen LogP contribution in [0.1, 0.15) is 63.5 Å². The minimum absolute atomic E-state index is 0.421. The average Bonchev–Trinajstić information content (AvgIpc) is 2.75. The molecular formula is C17H26N4. The lowest BCUT2D eigenvalue weighted by molar-refractivity contribution is 0.327. The zero-order chi connectivity index (χ0) is 14.5. The molecule has 2 aromatic heterocycles. The van der Waals surface area contributed by atoms with Gasteiger partial charge in [-0.3, -0.25) is 4.98 Å². The van der Waals surface area contributed by atoms with Crippen molar-refractivity contribution in [2.75, 3.05) is 6.54 Å².